The first-order chi connectivity index (χ1) is 26.1. The fraction of sp³-hybridized carbons (Fsp3) is 0.800. The third kappa shape index (κ3) is 41.6. The van der Waals surface area contributed by atoms with Gasteiger partial charge < -0.3 is 27.9 Å². The molecule has 0 aliphatic rings. The van der Waals surface area contributed by atoms with Gasteiger partial charge in [-0.25, -0.2) is 0 Å². The molecule has 9 heteroatoms. The quantitative estimate of drug-likeness (QED) is 0.0201. The number of unbranched alkanes of at least 4 members (excludes halogenated alkanes) is 18. The van der Waals surface area contributed by atoms with E-state index in [2.05, 4.69) is 62.5 Å². The van der Waals surface area contributed by atoms with Crippen molar-refractivity contribution in [1.82, 2.24) is 0 Å². The molecule has 0 N–H and O–H groups in total. The predicted octanol–water partition coefficient (Wildman–Crippen LogP) is 12.1. The Hall–Kier alpha value is -1.54. The van der Waals surface area contributed by atoms with Gasteiger partial charge in [-0.05, 0) is 51.4 Å². The van der Waals surface area contributed by atoms with Crippen molar-refractivity contribution in [3.8, 4) is 0 Å². The Morgan fingerprint density at radius 3 is 1.61 bits per heavy atom. The number of rotatable bonds is 40. The normalized spacial score (nSPS) is 14.3. The van der Waals surface area contributed by atoms with Gasteiger partial charge in [0.2, 0.25) is 0 Å². The fourth-order valence-electron chi connectivity index (χ4n) is 5.77. The predicted molar refractivity (Wildman–Crippen MR) is 226 cm³/mol. The molecule has 0 aromatic heterocycles. The van der Waals surface area contributed by atoms with Crippen molar-refractivity contribution in [3.05, 3.63) is 48.6 Å². The second kappa shape index (κ2) is 38.3. The summed E-state index contributed by atoms with van der Waals surface area (Å²) in [4.78, 5) is 25.0. The van der Waals surface area contributed by atoms with Crippen molar-refractivity contribution in [2.75, 3.05) is 54.1 Å². The minimum absolute atomic E-state index is 0.0245. The molecular formula is C45H84NO7P. The van der Waals surface area contributed by atoms with Crippen LogP contribution < -0.4 is 4.89 Å². The number of carbonyl (C=O) groups is 1. The number of hydrogen-bond donors (Lipinski definition) is 0. The van der Waals surface area contributed by atoms with Gasteiger partial charge in [-0.3, -0.25) is 9.36 Å². The van der Waals surface area contributed by atoms with Gasteiger partial charge in [0.1, 0.15) is 19.3 Å². The second-order valence-corrected chi connectivity index (χ2v) is 17.1. The zero-order valence-electron chi connectivity index (χ0n) is 35.7. The summed E-state index contributed by atoms with van der Waals surface area (Å²) in [5.74, 6) is -0.340. The van der Waals surface area contributed by atoms with Crippen LogP contribution in [-0.2, 0) is 27.9 Å². The van der Waals surface area contributed by atoms with E-state index in [1.807, 2.05) is 21.1 Å². The van der Waals surface area contributed by atoms with Crippen molar-refractivity contribution in [3.63, 3.8) is 0 Å². The molecule has 0 bridgehead atoms. The van der Waals surface area contributed by atoms with E-state index in [4.69, 9.17) is 18.5 Å². The standard InChI is InChI=1S/C45H84NO7P/c1-6-8-10-12-14-16-18-19-20-21-22-23-24-25-26-27-28-29-31-33-35-37-40-50-42-44(43-52-54(48,49)51-41-39-46(3,4)5)53-45(47)38-36-34-32-30-17-15-13-11-9-7-2/h8,10,14,16,19-20,22-23,44H,6-7,9,11-13,15,17-18,21,24-43H2,1-5H3/b10-8-,16-14-,20-19-,23-22-. The van der Waals surface area contributed by atoms with E-state index in [-0.39, 0.29) is 25.8 Å². The van der Waals surface area contributed by atoms with Crippen LogP contribution in [0.3, 0.4) is 0 Å². The van der Waals surface area contributed by atoms with Gasteiger partial charge in [0, 0.05) is 13.0 Å². The van der Waals surface area contributed by atoms with Gasteiger partial charge in [-0.1, -0.05) is 165 Å². The number of quaternary nitrogens is 1. The van der Waals surface area contributed by atoms with Crippen LogP contribution >= 0.6 is 7.82 Å². The third-order valence-electron chi connectivity index (χ3n) is 9.14. The molecule has 0 rings (SSSR count). The summed E-state index contributed by atoms with van der Waals surface area (Å²) in [6.07, 6.45) is 45.5. The number of allylic oxidation sites excluding steroid dienone is 8. The summed E-state index contributed by atoms with van der Waals surface area (Å²) >= 11 is 0. The van der Waals surface area contributed by atoms with Crippen LogP contribution in [0.15, 0.2) is 48.6 Å². The molecule has 0 heterocycles. The molecule has 54 heavy (non-hydrogen) atoms. The van der Waals surface area contributed by atoms with E-state index in [0.717, 1.165) is 57.8 Å². The van der Waals surface area contributed by atoms with Gasteiger partial charge in [0.15, 0.2) is 0 Å². The van der Waals surface area contributed by atoms with Crippen LogP contribution in [0.5, 0.6) is 0 Å². The lowest BCUT2D eigenvalue weighted by Gasteiger charge is -2.28. The van der Waals surface area contributed by atoms with E-state index in [0.29, 0.717) is 24.1 Å². The minimum Gasteiger partial charge on any atom is -0.756 e. The van der Waals surface area contributed by atoms with Crippen LogP contribution in [0.2, 0.25) is 0 Å². The summed E-state index contributed by atoms with van der Waals surface area (Å²) in [5.41, 5.74) is 0. The Bertz CT molecular complexity index is 1000. The van der Waals surface area contributed by atoms with Crippen LogP contribution in [0.25, 0.3) is 0 Å². The van der Waals surface area contributed by atoms with Crippen molar-refractivity contribution < 1.29 is 37.3 Å². The van der Waals surface area contributed by atoms with E-state index in [1.54, 1.807) is 0 Å². The number of esters is 1. The fourth-order valence-corrected chi connectivity index (χ4v) is 6.50. The Morgan fingerprint density at radius 2 is 1.07 bits per heavy atom. The number of ether oxygens (including phenoxy) is 2. The highest BCUT2D eigenvalue weighted by atomic mass is 31.2. The first-order valence-corrected chi connectivity index (χ1v) is 23.3. The van der Waals surface area contributed by atoms with Crippen LogP contribution in [-0.4, -0.2) is 70.7 Å². The van der Waals surface area contributed by atoms with Gasteiger partial charge in [-0.15, -0.1) is 0 Å². The summed E-state index contributed by atoms with van der Waals surface area (Å²) in [6.45, 7) is 5.27. The summed E-state index contributed by atoms with van der Waals surface area (Å²) in [6, 6.07) is 0. The largest absolute Gasteiger partial charge is 0.756 e. The summed E-state index contributed by atoms with van der Waals surface area (Å²) in [7, 11) is 1.35. The van der Waals surface area contributed by atoms with Crippen molar-refractivity contribution in [2.24, 2.45) is 0 Å². The maximum Gasteiger partial charge on any atom is 0.306 e. The number of carbonyl (C=O) groups excluding carboxylic acids is 1. The maximum atomic E-state index is 12.6. The highest BCUT2D eigenvalue weighted by Crippen LogP contribution is 2.38. The molecular weight excluding hydrogens is 697 g/mol. The number of phosphoric acid groups is 1. The Balaban J connectivity index is 4.15. The highest BCUT2D eigenvalue weighted by molar-refractivity contribution is 7.45. The molecule has 2 unspecified atom stereocenters. The Labute approximate surface area is 333 Å². The molecule has 0 saturated carbocycles. The molecule has 0 saturated heterocycles. The molecule has 0 spiro atoms. The molecule has 316 valence electrons. The molecule has 0 aliphatic heterocycles. The van der Waals surface area contributed by atoms with Gasteiger partial charge in [0.25, 0.3) is 7.82 Å². The molecule has 0 fully saturated rings. The van der Waals surface area contributed by atoms with Gasteiger partial charge in [-0.2, -0.15) is 0 Å². The molecule has 0 aromatic carbocycles. The lowest BCUT2D eigenvalue weighted by atomic mass is 10.1. The van der Waals surface area contributed by atoms with Crippen LogP contribution in [0, 0.1) is 0 Å². The lowest BCUT2D eigenvalue weighted by molar-refractivity contribution is -0.870. The van der Waals surface area contributed by atoms with E-state index >= 15 is 0 Å². The van der Waals surface area contributed by atoms with Crippen LogP contribution in [0.1, 0.15) is 174 Å². The topological polar surface area (TPSA) is 94.1 Å². The molecule has 0 aromatic rings. The third-order valence-corrected chi connectivity index (χ3v) is 10.1. The summed E-state index contributed by atoms with van der Waals surface area (Å²) < 4.78 is 34.5. The monoisotopic (exact) mass is 782 g/mol. The minimum atomic E-state index is -4.52. The maximum absolute atomic E-state index is 12.6. The van der Waals surface area contributed by atoms with Crippen molar-refractivity contribution in [1.29, 1.82) is 0 Å². The zero-order valence-corrected chi connectivity index (χ0v) is 36.6. The highest BCUT2D eigenvalue weighted by Gasteiger charge is 2.20. The number of phosphoric ester groups is 1. The first kappa shape index (κ1) is 52.5. The SMILES string of the molecule is CC/C=C\C/C=C\C/C=C\C/C=C\CCCCCCCCCCCOCC(COP(=O)([O-])OCC[N+](C)(C)C)OC(=O)CCCCCCCCCCCC. The first-order valence-electron chi connectivity index (χ1n) is 21.9. The summed E-state index contributed by atoms with van der Waals surface area (Å²) in [5, 5.41) is 0. The second-order valence-electron chi connectivity index (χ2n) is 15.7. The van der Waals surface area contributed by atoms with E-state index in [9.17, 15) is 14.3 Å². The number of nitrogens with zero attached hydrogens (tertiary/aromatic N) is 1. The van der Waals surface area contributed by atoms with E-state index in [1.165, 1.54) is 96.3 Å². The molecule has 8 nitrogen and oxygen atoms in total. The average molecular weight is 782 g/mol. The lowest BCUT2D eigenvalue weighted by Crippen LogP contribution is -2.37. The molecule has 0 amide bonds. The van der Waals surface area contributed by atoms with Crippen LogP contribution in [0.4, 0.5) is 0 Å². The smallest absolute Gasteiger partial charge is 0.306 e. The number of likely N-dealkylation sites (N-methyl/N-ethyl adjacent to an activating group) is 1. The van der Waals surface area contributed by atoms with Crippen molar-refractivity contribution >= 4 is 13.8 Å². The van der Waals surface area contributed by atoms with Gasteiger partial charge >= 0.3 is 5.97 Å². The Morgan fingerprint density at radius 1 is 0.593 bits per heavy atom. The molecule has 0 radical (unpaired) electrons. The van der Waals surface area contributed by atoms with E-state index < -0.39 is 13.9 Å². The Kier molecular flexibility index (Phi) is 37.2. The average Bonchev–Trinajstić information content (AvgIpc) is 3.12. The zero-order chi connectivity index (χ0) is 39.9. The molecule has 0 aliphatic carbocycles. The van der Waals surface area contributed by atoms with Crippen molar-refractivity contribution in [2.45, 2.75) is 180 Å². The molecule has 2 atom stereocenters. The number of hydrogen-bond acceptors (Lipinski definition) is 7. The van der Waals surface area contributed by atoms with Gasteiger partial charge in [0.05, 0.1) is 34.4 Å².